The van der Waals surface area contributed by atoms with E-state index in [0.29, 0.717) is 41.9 Å². The fourth-order valence-electron chi connectivity index (χ4n) is 13.3. The number of fused-ring (bicyclic) bond motifs is 3. The zero-order valence-corrected chi connectivity index (χ0v) is 57.8. The highest BCUT2D eigenvalue weighted by molar-refractivity contribution is 7.91. The first-order valence-electron chi connectivity index (χ1n) is 33.2. The molecule has 0 spiro atoms. The van der Waals surface area contributed by atoms with Gasteiger partial charge >= 0.3 is 6.30 Å². The van der Waals surface area contributed by atoms with Gasteiger partial charge < -0.3 is 55.9 Å². The number of benzene rings is 4. The Morgan fingerprint density at radius 1 is 0.480 bits per heavy atom. The first-order chi connectivity index (χ1) is 47.9. The van der Waals surface area contributed by atoms with E-state index in [2.05, 4.69) is 168 Å². The van der Waals surface area contributed by atoms with Crippen LogP contribution in [-0.4, -0.2) is 173 Å². The number of nitrogens with two attached hydrogens (primary N) is 3. The predicted molar refractivity (Wildman–Crippen MR) is 376 cm³/mol. The van der Waals surface area contributed by atoms with Crippen LogP contribution in [0.25, 0.3) is 39.5 Å². The average Bonchev–Trinajstić information content (AvgIpc) is 0.952. The van der Waals surface area contributed by atoms with E-state index < -0.39 is 16.1 Å². The van der Waals surface area contributed by atoms with Gasteiger partial charge in [-0.3, -0.25) is 4.68 Å². The highest BCUT2D eigenvalue weighted by Gasteiger charge is 2.33. The fourth-order valence-corrected chi connectivity index (χ4v) is 14.8. The third-order valence-electron chi connectivity index (χ3n) is 18.9. The van der Waals surface area contributed by atoms with E-state index in [-0.39, 0.29) is 63.1 Å². The van der Waals surface area contributed by atoms with Gasteiger partial charge in [-0.15, -0.1) is 13.2 Å². The first-order valence-corrected chi connectivity index (χ1v) is 35.0. The van der Waals surface area contributed by atoms with E-state index in [1.165, 1.54) is 56.4 Å². The summed E-state index contributed by atoms with van der Waals surface area (Å²) in [6.45, 7) is 16.5. The topological polar surface area (TPSA) is 287 Å². The first kappa shape index (κ1) is 68.5. The molecule has 10 aromatic rings. The Morgan fingerprint density at radius 2 is 0.880 bits per heavy atom. The van der Waals surface area contributed by atoms with Gasteiger partial charge in [0.15, 0.2) is 34.7 Å². The van der Waals surface area contributed by atoms with Crippen LogP contribution < -0.4 is 36.3 Å². The molecule has 0 unspecified atom stereocenters. The number of anilines is 4. The Morgan fingerprint density at radius 3 is 1.31 bits per heavy atom. The van der Waals surface area contributed by atoms with Crippen LogP contribution >= 0.6 is 0 Å². The molecule has 2 fully saturated rings. The van der Waals surface area contributed by atoms with Crippen molar-refractivity contribution in [1.29, 1.82) is 0 Å². The van der Waals surface area contributed by atoms with Crippen molar-refractivity contribution in [2.45, 2.75) is 84.9 Å². The third kappa shape index (κ3) is 15.8. The highest BCUT2D eigenvalue weighted by Crippen LogP contribution is 2.37. The molecule has 4 aromatic carbocycles. The summed E-state index contributed by atoms with van der Waals surface area (Å²) in [7, 11) is 5.60. The van der Waals surface area contributed by atoms with Crippen molar-refractivity contribution in [1.82, 2.24) is 78.8 Å². The number of sulfone groups is 1. The highest BCUT2D eigenvalue weighted by atomic mass is 32.2. The second-order valence-corrected chi connectivity index (χ2v) is 28.8. The maximum absolute atomic E-state index is 12.7. The van der Waals surface area contributed by atoms with E-state index >= 15 is 0 Å². The second-order valence-electron chi connectivity index (χ2n) is 26.5. The van der Waals surface area contributed by atoms with Gasteiger partial charge in [0.2, 0.25) is 0 Å². The monoisotopic (exact) mass is 1380 g/mol. The van der Waals surface area contributed by atoms with E-state index in [9.17, 15) is 21.6 Å². The number of hydrogen-bond donors (Lipinski definition) is 3. The van der Waals surface area contributed by atoms with Crippen LogP contribution in [0, 0.1) is 20.8 Å². The van der Waals surface area contributed by atoms with Gasteiger partial charge in [-0.1, -0.05) is 0 Å². The Labute approximate surface area is 578 Å². The van der Waals surface area contributed by atoms with Crippen molar-refractivity contribution in [2.24, 2.45) is 0 Å². The third-order valence-corrected chi connectivity index (χ3v) is 20.6. The predicted octanol–water partition coefficient (Wildman–Crippen LogP) is 10.00. The standard InChI is InChI=1S/C29H34N8O.C23H28N6O3S.C19H19F3N6O/c1-20-14-21(15-22-18-35(3)9-8-26(20)22)27-17-31-28(30)29(33-27)38-25-16-32-37(19-25)24-6-4-23(5-7-24)36-12-10-34(2)11-13-36;1-15-9-16(10-17-13-28(2)6-3-20(15)17)21-12-25-22(24)23(27-21)32-19-11-26-29(14-19)18-4-7-33(30,31)8-5-18;1-11-5-12(6-13-9-27(2)4-3-15(11)13)16-8-24-17(23)18(26-16)29-14-7-25-28(10-14)19(20,21)22/h4-7,14-17,19H,8-13,18H2,1-3H3,(H2,30,31);9-12,14,18H,3-8,13H2,1-2H3,(H2,24,25);5-8,10H,3-4,9H2,1-2H3,(H2,23,24). The molecule has 15 rings (SSSR count). The van der Waals surface area contributed by atoms with Gasteiger partial charge in [-0.2, -0.15) is 20.0 Å². The molecule has 29 heteroatoms. The minimum Gasteiger partial charge on any atom is -0.433 e. The molecule has 100 heavy (non-hydrogen) atoms. The molecule has 6 aromatic heterocycles. The summed E-state index contributed by atoms with van der Waals surface area (Å²) >= 11 is 0. The number of ether oxygens (including phenoxy) is 3. The average molecular weight is 1380 g/mol. The number of alkyl halides is 3. The van der Waals surface area contributed by atoms with Crippen molar-refractivity contribution in [3.63, 3.8) is 0 Å². The van der Waals surface area contributed by atoms with Crippen LogP contribution in [0.4, 0.5) is 36.3 Å². The number of piperazine rings is 1. The van der Waals surface area contributed by atoms with Crippen molar-refractivity contribution in [3.05, 3.63) is 167 Å². The van der Waals surface area contributed by atoms with E-state index in [1.807, 2.05) is 12.3 Å². The van der Waals surface area contributed by atoms with Crippen LogP contribution in [0.5, 0.6) is 34.9 Å². The lowest BCUT2D eigenvalue weighted by Gasteiger charge is -2.34. The minimum absolute atomic E-state index is 0.0251. The maximum Gasteiger partial charge on any atom is 0.504 e. The molecule has 0 bridgehead atoms. The lowest BCUT2D eigenvalue weighted by atomic mass is 9.92. The number of likely N-dealkylation sites (N-methyl/N-ethyl adjacent to an activating group) is 4. The second kappa shape index (κ2) is 28.6. The van der Waals surface area contributed by atoms with Crippen molar-refractivity contribution in [3.8, 4) is 74.3 Å². The summed E-state index contributed by atoms with van der Waals surface area (Å²) in [5.74, 6) is 2.12. The number of halogens is 3. The number of rotatable bonds is 12. The van der Waals surface area contributed by atoms with E-state index in [0.717, 1.165) is 125 Å². The Kier molecular flexibility index (Phi) is 19.6. The SMILES string of the molecule is Cc1cc(-c2cnc(N)c(Oc3cnn(-c4ccc(N5CCN(C)CC5)cc4)c3)n2)cc2c1CCN(C)C2.Cc1cc(-c2cnc(N)c(Oc3cnn(C(F)(F)F)c3)n2)cc2c1CCN(C)C2.Cc1cc(-c2cnc(N)c(Oc3cnn(C4CCS(=O)(=O)CC4)c3)n2)cc2c1CCN(C)C2. The molecule has 5 aliphatic rings. The lowest BCUT2D eigenvalue weighted by Crippen LogP contribution is -2.44. The molecule has 11 heterocycles. The Balaban J connectivity index is 0.000000136. The summed E-state index contributed by atoms with van der Waals surface area (Å²) in [6, 6.07) is 21.3. The largest absolute Gasteiger partial charge is 0.504 e. The van der Waals surface area contributed by atoms with Gasteiger partial charge in [0, 0.05) is 87.8 Å². The molecule has 522 valence electrons. The molecular formula is C71H81F3N20O5S. The van der Waals surface area contributed by atoms with Crippen LogP contribution in [0.2, 0.25) is 0 Å². The quantitative estimate of drug-likeness (QED) is 0.102. The minimum atomic E-state index is -4.63. The number of aromatic nitrogens is 12. The van der Waals surface area contributed by atoms with Gasteiger partial charge in [0.25, 0.3) is 17.6 Å². The van der Waals surface area contributed by atoms with Crippen LogP contribution in [0.1, 0.15) is 69.0 Å². The summed E-state index contributed by atoms with van der Waals surface area (Å²) in [5.41, 5.74) is 36.8. The Hall–Kier alpha value is -10.1. The molecule has 5 aliphatic heterocycles. The Bertz CT molecular complexity index is 4730. The molecule has 0 radical (unpaired) electrons. The fraction of sp³-hybridized carbons (Fsp3) is 0.366. The summed E-state index contributed by atoms with van der Waals surface area (Å²) < 4.78 is 82.3. The lowest BCUT2D eigenvalue weighted by molar-refractivity contribution is -0.212. The summed E-state index contributed by atoms with van der Waals surface area (Å²) in [5, 5.41) is 12.1. The van der Waals surface area contributed by atoms with E-state index in [1.54, 1.807) is 40.3 Å². The molecule has 2 saturated heterocycles. The summed E-state index contributed by atoms with van der Waals surface area (Å²) in [6.07, 6.45) is 13.0. The zero-order chi connectivity index (χ0) is 70.1. The van der Waals surface area contributed by atoms with Crippen LogP contribution in [0.15, 0.2) is 116 Å². The molecule has 0 atom stereocenters. The molecule has 0 saturated carbocycles. The molecule has 6 N–H and O–H groups in total. The normalized spacial score (nSPS) is 16.7. The summed E-state index contributed by atoms with van der Waals surface area (Å²) in [4.78, 5) is 38.2. The molecular weight excluding hydrogens is 1300 g/mol. The molecule has 25 nitrogen and oxygen atoms in total. The number of nitrogen functional groups attached to an aromatic ring is 3. The van der Waals surface area contributed by atoms with E-state index in [4.69, 9.17) is 36.4 Å². The van der Waals surface area contributed by atoms with Gasteiger partial charge in [0.05, 0.1) is 96.1 Å². The smallest absolute Gasteiger partial charge is 0.433 e. The van der Waals surface area contributed by atoms with Gasteiger partial charge in [-0.25, -0.2) is 43.0 Å². The number of nitrogens with zero attached hydrogens (tertiary/aromatic N) is 17. The van der Waals surface area contributed by atoms with Gasteiger partial charge in [-0.05, 0) is 192 Å². The number of aryl methyl sites for hydroxylation is 3. The van der Waals surface area contributed by atoms with Crippen LogP contribution in [-0.2, 0) is 55.0 Å². The van der Waals surface area contributed by atoms with Crippen molar-refractivity contribution >= 4 is 33.0 Å². The molecule has 0 amide bonds. The zero-order valence-electron chi connectivity index (χ0n) is 57.0. The molecule has 0 aliphatic carbocycles. The van der Waals surface area contributed by atoms with Crippen LogP contribution in [0.3, 0.4) is 0 Å². The number of hydrogen-bond acceptors (Lipinski definition) is 22. The maximum atomic E-state index is 12.7. The van der Waals surface area contributed by atoms with Crippen molar-refractivity contribution in [2.75, 3.05) is 108 Å². The van der Waals surface area contributed by atoms with Gasteiger partial charge in [0.1, 0.15) is 9.84 Å². The van der Waals surface area contributed by atoms with Crippen molar-refractivity contribution < 1.29 is 35.8 Å².